The highest BCUT2D eigenvalue weighted by molar-refractivity contribution is 5.14. The Labute approximate surface area is 104 Å². The summed E-state index contributed by atoms with van der Waals surface area (Å²) in [6.45, 7) is 10.4. The predicted molar refractivity (Wildman–Crippen MR) is 66.8 cm³/mol. The van der Waals surface area contributed by atoms with Crippen molar-refractivity contribution in [1.82, 2.24) is 4.90 Å². The van der Waals surface area contributed by atoms with E-state index in [9.17, 15) is 5.11 Å². The molecule has 3 nitrogen and oxygen atoms in total. The molecule has 0 aromatic rings. The molecule has 1 heterocycles. The van der Waals surface area contributed by atoms with Gasteiger partial charge in [0.05, 0.1) is 18.8 Å². The largest absolute Gasteiger partial charge is 0.389 e. The topological polar surface area (TPSA) is 32.7 Å². The molecule has 98 valence electrons. The molecule has 3 fully saturated rings. The van der Waals surface area contributed by atoms with Gasteiger partial charge in [0.2, 0.25) is 0 Å². The standard InChI is InChI=1S/C14H25NO2/c1-13(2)10-8-12(14(3,16)9-11(10)13)15-4-6-17-7-5-15/h10-12,16H,4-9H2,1-3H3/t10-,11+,12+,14+/m1/s1. The summed E-state index contributed by atoms with van der Waals surface area (Å²) in [6.07, 6.45) is 2.15. The molecular formula is C14H25NO2. The second kappa shape index (κ2) is 3.69. The Morgan fingerprint density at radius 3 is 2.41 bits per heavy atom. The number of fused-ring (bicyclic) bond motifs is 1. The first-order valence-corrected chi connectivity index (χ1v) is 6.97. The molecule has 3 heteroatoms. The van der Waals surface area contributed by atoms with E-state index in [1.807, 2.05) is 6.92 Å². The summed E-state index contributed by atoms with van der Waals surface area (Å²) >= 11 is 0. The number of ether oxygens (including phenoxy) is 1. The summed E-state index contributed by atoms with van der Waals surface area (Å²) in [4.78, 5) is 2.45. The zero-order valence-electron chi connectivity index (χ0n) is 11.3. The third kappa shape index (κ3) is 1.83. The Kier molecular flexibility index (Phi) is 2.59. The smallest absolute Gasteiger partial charge is 0.0777 e. The highest BCUT2D eigenvalue weighted by Crippen LogP contribution is 2.66. The van der Waals surface area contributed by atoms with Crippen molar-refractivity contribution in [2.45, 2.75) is 45.3 Å². The second-order valence-corrected chi connectivity index (χ2v) is 7.00. The SMILES string of the molecule is CC1(C)[C@@H]2C[C@H](N3CCOCC3)[C@@](C)(O)C[C@@H]21. The third-order valence-corrected chi connectivity index (χ3v) is 5.60. The van der Waals surface area contributed by atoms with Crippen LogP contribution in [0.2, 0.25) is 0 Å². The molecule has 4 atom stereocenters. The van der Waals surface area contributed by atoms with Crippen LogP contribution < -0.4 is 0 Å². The molecule has 2 saturated carbocycles. The van der Waals surface area contributed by atoms with E-state index >= 15 is 0 Å². The molecule has 2 aliphatic carbocycles. The van der Waals surface area contributed by atoms with E-state index in [1.165, 1.54) is 6.42 Å². The van der Waals surface area contributed by atoms with Gasteiger partial charge in [-0.15, -0.1) is 0 Å². The van der Waals surface area contributed by atoms with Gasteiger partial charge >= 0.3 is 0 Å². The van der Waals surface area contributed by atoms with Crippen LogP contribution in [-0.4, -0.2) is 48.0 Å². The lowest BCUT2D eigenvalue weighted by Crippen LogP contribution is -2.56. The third-order valence-electron chi connectivity index (χ3n) is 5.60. The molecule has 0 amide bonds. The Hall–Kier alpha value is -0.120. The van der Waals surface area contributed by atoms with Crippen LogP contribution in [-0.2, 0) is 4.74 Å². The molecule has 0 spiro atoms. The summed E-state index contributed by atoms with van der Waals surface area (Å²) in [5.41, 5.74) is -0.0443. The van der Waals surface area contributed by atoms with Crippen LogP contribution in [0, 0.1) is 17.3 Å². The van der Waals surface area contributed by atoms with Crippen LogP contribution in [0.4, 0.5) is 0 Å². The number of hydrogen-bond donors (Lipinski definition) is 1. The van der Waals surface area contributed by atoms with Crippen LogP contribution in [0.5, 0.6) is 0 Å². The maximum atomic E-state index is 10.7. The molecule has 3 aliphatic rings. The second-order valence-electron chi connectivity index (χ2n) is 7.00. The molecule has 0 aromatic heterocycles. The molecule has 0 aromatic carbocycles. The van der Waals surface area contributed by atoms with Crippen LogP contribution in [0.3, 0.4) is 0 Å². The van der Waals surface area contributed by atoms with Gasteiger partial charge in [0, 0.05) is 19.1 Å². The van der Waals surface area contributed by atoms with Gasteiger partial charge in [-0.05, 0) is 37.0 Å². The summed E-state index contributed by atoms with van der Waals surface area (Å²) in [5, 5.41) is 10.7. The number of aliphatic hydroxyl groups is 1. The summed E-state index contributed by atoms with van der Waals surface area (Å²) in [7, 11) is 0. The maximum absolute atomic E-state index is 10.7. The Morgan fingerprint density at radius 1 is 1.12 bits per heavy atom. The number of nitrogens with zero attached hydrogens (tertiary/aromatic N) is 1. The van der Waals surface area contributed by atoms with Crippen LogP contribution in [0.15, 0.2) is 0 Å². The molecule has 0 bridgehead atoms. The molecule has 1 saturated heterocycles. The van der Waals surface area contributed by atoms with Crippen LogP contribution in [0.1, 0.15) is 33.6 Å². The van der Waals surface area contributed by atoms with E-state index in [0.29, 0.717) is 11.5 Å². The van der Waals surface area contributed by atoms with Crippen molar-refractivity contribution in [3.63, 3.8) is 0 Å². The molecule has 17 heavy (non-hydrogen) atoms. The first-order valence-electron chi connectivity index (χ1n) is 6.97. The Morgan fingerprint density at radius 2 is 1.76 bits per heavy atom. The van der Waals surface area contributed by atoms with Crippen molar-refractivity contribution < 1.29 is 9.84 Å². The van der Waals surface area contributed by atoms with E-state index in [1.54, 1.807) is 0 Å². The fraction of sp³-hybridized carbons (Fsp3) is 1.00. The van der Waals surface area contributed by atoms with Crippen molar-refractivity contribution in [2.75, 3.05) is 26.3 Å². The normalized spacial score (nSPS) is 49.8. The molecule has 3 rings (SSSR count). The van der Waals surface area contributed by atoms with Crippen molar-refractivity contribution in [1.29, 1.82) is 0 Å². The fourth-order valence-corrected chi connectivity index (χ4v) is 4.24. The van der Waals surface area contributed by atoms with Gasteiger partial charge in [-0.2, -0.15) is 0 Å². The lowest BCUT2D eigenvalue weighted by molar-refractivity contribution is -0.0890. The lowest BCUT2D eigenvalue weighted by atomic mass is 9.80. The van der Waals surface area contributed by atoms with E-state index in [2.05, 4.69) is 18.7 Å². The van der Waals surface area contributed by atoms with E-state index in [0.717, 1.165) is 44.6 Å². The van der Waals surface area contributed by atoms with E-state index < -0.39 is 5.60 Å². The minimum Gasteiger partial charge on any atom is -0.389 e. The average molecular weight is 239 g/mol. The molecule has 0 unspecified atom stereocenters. The zero-order valence-corrected chi connectivity index (χ0v) is 11.3. The van der Waals surface area contributed by atoms with Crippen molar-refractivity contribution >= 4 is 0 Å². The Balaban J connectivity index is 1.75. The number of hydrogen-bond acceptors (Lipinski definition) is 3. The minimum absolute atomic E-state index is 0.342. The first kappa shape index (κ1) is 11.9. The Bertz CT molecular complexity index is 307. The van der Waals surface area contributed by atoms with Gasteiger partial charge in [-0.1, -0.05) is 13.8 Å². The van der Waals surface area contributed by atoms with E-state index in [4.69, 9.17) is 4.74 Å². The van der Waals surface area contributed by atoms with Crippen LogP contribution >= 0.6 is 0 Å². The lowest BCUT2D eigenvalue weighted by Gasteiger charge is -2.45. The minimum atomic E-state index is -0.508. The van der Waals surface area contributed by atoms with Crippen molar-refractivity contribution in [3.05, 3.63) is 0 Å². The maximum Gasteiger partial charge on any atom is 0.0777 e. The van der Waals surface area contributed by atoms with Gasteiger partial charge in [0.25, 0.3) is 0 Å². The van der Waals surface area contributed by atoms with Crippen molar-refractivity contribution in [3.8, 4) is 0 Å². The summed E-state index contributed by atoms with van der Waals surface area (Å²) < 4.78 is 5.41. The molecule has 1 aliphatic heterocycles. The predicted octanol–water partition coefficient (Wildman–Crippen LogP) is 1.50. The van der Waals surface area contributed by atoms with Gasteiger partial charge in [0.1, 0.15) is 0 Å². The molecule has 0 radical (unpaired) electrons. The first-order chi connectivity index (χ1) is 7.93. The van der Waals surface area contributed by atoms with Crippen molar-refractivity contribution in [2.24, 2.45) is 17.3 Å². The molecular weight excluding hydrogens is 214 g/mol. The average Bonchev–Trinajstić information content (AvgIpc) is 2.78. The number of rotatable bonds is 1. The van der Waals surface area contributed by atoms with Crippen LogP contribution in [0.25, 0.3) is 0 Å². The summed E-state index contributed by atoms with van der Waals surface area (Å²) in [5.74, 6) is 1.57. The van der Waals surface area contributed by atoms with Gasteiger partial charge < -0.3 is 9.84 Å². The van der Waals surface area contributed by atoms with E-state index in [-0.39, 0.29) is 0 Å². The summed E-state index contributed by atoms with van der Waals surface area (Å²) in [6, 6.07) is 0.342. The van der Waals surface area contributed by atoms with Gasteiger partial charge in [-0.25, -0.2) is 0 Å². The quantitative estimate of drug-likeness (QED) is 0.753. The fourth-order valence-electron chi connectivity index (χ4n) is 4.24. The van der Waals surface area contributed by atoms with Gasteiger partial charge in [0.15, 0.2) is 0 Å². The highest BCUT2D eigenvalue weighted by atomic mass is 16.5. The zero-order chi connectivity index (χ0) is 12.3. The number of morpholine rings is 1. The van der Waals surface area contributed by atoms with Gasteiger partial charge in [-0.3, -0.25) is 4.90 Å². The highest BCUT2D eigenvalue weighted by Gasteiger charge is 2.64. The molecule has 1 N–H and O–H groups in total. The monoisotopic (exact) mass is 239 g/mol.